The highest BCUT2D eigenvalue weighted by molar-refractivity contribution is 9.10. The third kappa shape index (κ3) is 3.98. The van der Waals surface area contributed by atoms with E-state index in [1.54, 1.807) is 7.11 Å². The van der Waals surface area contributed by atoms with Crippen LogP contribution in [0.25, 0.3) is 5.57 Å². The lowest BCUT2D eigenvalue weighted by Crippen LogP contribution is -2.03. The Bertz CT molecular complexity index is 791. The van der Waals surface area contributed by atoms with Crippen LogP contribution in [-0.2, 0) is 4.74 Å². The molecule has 1 aliphatic heterocycles. The molecule has 0 N–H and O–H groups in total. The molecule has 3 nitrogen and oxygen atoms in total. The molecule has 0 aliphatic carbocycles. The molecule has 0 fully saturated rings. The van der Waals surface area contributed by atoms with Gasteiger partial charge in [0.2, 0.25) is 0 Å². The van der Waals surface area contributed by atoms with E-state index in [4.69, 9.17) is 4.74 Å². The van der Waals surface area contributed by atoms with Crippen LogP contribution in [0, 0.1) is 0 Å². The quantitative estimate of drug-likeness (QED) is 0.648. The first-order chi connectivity index (χ1) is 11.2. The molecule has 2 aromatic rings. The van der Waals surface area contributed by atoms with E-state index >= 15 is 0 Å². The van der Waals surface area contributed by atoms with Crippen LogP contribution < -0.4 is 0 Å². The fourth-order valence-corrected chi connectivity index (χ4v) is 2.78. The van der Waals surface area contributed by atoms with Crippen LogP contribution >= 0.6 is 31.9 Å². The second-order valence-electron chi connectivity index (χ2n) is 4.98. The standard InChI is InChI=1S/C18H14Br2N2O/c1-23-18-21-11-14(12-2-6-15(19)7-3-12)10-17(22-18)13-4-8-16(20)9-5-13/h2-10H,11H2,1H3. The maximum absolute atomic E-state index is 5.26. The zero-order valence-corrected chi connectivity index (χ0v) is 15.6. The highest BCUT2D eigenvalue weighted by Gasteiger charge is 2.12. The fourth-order valence-electron chi connectivity index (χ4n) is 2.25. The Morgan fingerprint density at radius 3 is 2.00 bits per heavy atom. The van der Waals surface area contributed by atoms with E-state index in [1.807, 2.05) is 36.4 Å². The maximum Gasteiger partial charge on any atom is 0.312 e. The Labute approximate surface area is 152 Å². The van der Waals surface area contributed by atoms with Crippen LogP contribution in [0.4, 0.5) is 0 Å². The lowest BCUT2D eigenvalue weighted by Gasteiger charge is -2.06. The van der Waals surface area contributed by atoms with Crippen LogP contribution in [0.5, 0.6) is 0 Å². The van der Waals surface area contributed by atoms with Crippen molar-refractivity contribution in [3.8, 4) is 0 Å². The number of aliphatic imine (C=N–C) groups is 2. The fraction of sp³-hybridized carbons (Fsp3) is 0.111. The second-order valence-corrected chi connectivity index (χ2v) is 6.81. The normalized spacial score (nSPS) is 14.5. The van der Waals surface area contributed by atoms with Crippen LogP contribution in [0.2, 0.25) is 0 Å². The number of amidine groups is 1. The van der Waals surface area contributed by atoms with E-state index in [1.165, 1.54) is 0 Å². The Kier molecular flexibility index (Phi) is 5.08. The molecule has 2 aromatic carbocycles. The molecule has 23 heavy (non-hydrogen) atoms. The maximum atomic E-state index is 5.26. The second kappa shape index (κ2) is 7.23. The van der Waals surface area contributed by atoms with Gasteiger partial charge in [0.05, 0.1) is 19.4 Å². The van der Waals surface area contributed by atoms with Gasteiger partial charge in [-0.1, -0.05) is 56.1 Å². The summed E-state index contributed by atoms with van der Waals surface area (Å²) in [4.78, 5) is 8.96. The van der Waals surface area contributed by atoms with Crippen molar-refractivity contribution < 1.29 is 4.74 Å². The highest BCUT2D eigenvalue weighted by atomic mass is 79.9. The third-order valence-corrected chi connectivity index (χ3v) is 4.51. The number of halogens is 2. The van der Waals surface area contributed by atoms with Crippen molar-refractivity contribution in [2.24, 2.45) is 9.98 Å². The van der Waals surface area contributed by atoms with Crippen molar-refractivity contribution >= 4 is 49.2 Å². The van der Waals surface area contributed by atoms with Gasteiger partial charge in [0, 0.05) is 14.5 Å². The van der Waals surface area contributed by atoms with Crippen molar-refractivity contribution in [1.29, 1.82) is 0 Å². The minimum Gasteiger partial charge on any atom is -0.467 e. The molecule has 0 unspecified atom stereocenters. The molecule has 0 aromatic heterocycles. The van der Waals surface area contributed by atoms with E-state index in [-0.39, 0.29) is 0 Å². The van der Waals surface area contributed by atoms with Gasteiger partial charge in [-0.2, -0.15) is 4.99 Å². The van der Waals surface area contributed by atoms with Crippen molar-refractivity contribution in [3.63, 3.8) is 0 Å². The number of rotatable bonds is 2. The van der Waals surface area contributed by atoms with E-state index in [0.717, 1.165) is 31.4 Å². The summed E-state index contributed by atoms with van der Waals surface area (Å²) in [7, 11) is 1.59. The molecular weight excluding hydrogens is 420 g/mol. The molecule has 3 rings (SSSR count). The minimum atomic E-state index is 0.395. The van der Waals surface area contributed by atoms with Crippen molar-refractivity contribution in [2.75, 3.05) is 13.7 Å². The summed E-state index contributed by atoms with van der Waals surface area (Å²) < 4.78 is 7.35. The van der Waals surface area contributed by atoms with E-state index in [2.05, 4.69) is 60.1 Å². The Balaban J connectivity index is 2.04. The average molecular weight is 434 g/mol. The Morgan fingerprint density at radius 1 is 0.870 bits per heavy atom. The summed E-state index contributed by atoms with van der Waals surface area (Å²) in [6.45, 7) is 0.536. The molecule has 0 atom stereocenters. The van der Waals surface area contributed by atoms with E-state index in [9.17, 15) is 0 Å². The lowest BCUT2D eigenvalue weighted by molar-refractivity contribution is 0.396. The van der Waals surface area contributed by atoms with E-state index in [0.29, 0.717) is 12.6 Å². The summed E-state index contributed by atoms with van der Waals surface area (Å²) >= 11 is 6.92. The van der Waals surface area contributed by atoms with Gasteiger partial charge in [0.1, 0.15) is 0 Å². The largest absolute Gasteiger partial charge is 0.467 e. The van der Waals surface area contributed by atoms with Crippen molar-refractivity contribution in [2.45, 2.75) is 0 Å². The zero-order chi connectivity index (χ0) is 16.2. The molecule has 1 aliphatic rings. The number of allylic oxidation sites excluding steroid dienone is 1. The molecule has 0 bridgehead atoms. The monoisotopic (exact) mass is 432 g/mol. The summed E-state index contributed by atoms with van der Waals surface area (Å²) in [5.41, 5.74) is 4.09. The van der Waals surface area contributed by atoms with Gasteiger partial charge in [-0.15, -0.1) is 0 Å². The summed E-state index contributed by atoms with van der Waals surface area (Å²) in [6.07, 6.45) is 2.07. The van der Waals surface area contributed by atoms with Crippen molar-refractivity contribution in [3.05, 3.63) is 74.7 Å². The molecule has 0 amide bonds. The average Bonchev–Trinajstić information content (AvgIpc) is 2.79. The molecule has 0 saturated carbocycles. The van der Waals surface area contributed by atoms with Gasteiger partial charge in [0.15, 0.2) is 0 Å². The van der Waals surface area contributed by atoms with Gasteiger partial charge < -0.3 is 4.74 Å². The van der Waals surface area contributed by atoms with Gasteiger partial charge >= 0.3 is 6.02 Å². The van der Waals surface area contributed by atoms with Crippen LogP contribution in [0.3, 0.4) is 0 Å². The first-order valence-corrected chi connectivity index (χ1v) is 8.64. The first kappa shape index (κ1) is 16.1. The van der Waals surface area contributed by atoms with E-state index < -0.39 is 0 Å². The predicted octanol–water partition coefficient (Wildman–Crippen LogP) is 5.10. The SMILES string of the molecule is COC1=NCC(c2ccc(Br)cc2)=CC(c2ccc(Br)cc2)=N1. The molecule has 0 spiro atoms. The summed E-state index contributed by atoms with van der Waals surface area (Å²) in [5.74, 6) is 0. The van der Waals surface area contributed by atoms with Crippen LogP contribution in [0.1, 0.15) is 11.1 Å². The molecule has 116 valence electrons. The highest BCUT2D eigenvalue weighted by Crippen LogP contribution is 2.22. The van der Waals surface area contributed by atoms with Crippen molar-refractivity contribution in [1.82, 2.24) is 0 Å². The number of benzene rings is 2. The lowest BCUT2D eigenvalue weighted by atomic mass is 10.0. The molecule has 0 saturated heterocycles. The number of methoxy groups -OCH3 is 1. The van der Waals surface area contributed by atoms with Gasteiger partial charge in [0.25, 0.3) is 0 Å². The Morgan fingerprint density at radius 2 is 1.43 bits per heavy atom. The third-order valence-electron chi connectivity index (χ3n) is 3.45. The predicted molar refractivity (Wildman–Crippen MR) is 102 cm³/mol. The number of hydrogen-bond donors (Lipinski definition) is 0. The number of nitrogens with zero attached hydrogens (tertiary/aromatic N) is 2. The molecular formula is C18H14Br2N2O. The van der Waals surface area contributed by atoms with Crippen LogP contribution in [0.15, 0.2) is 73.5 Å². The topological polar surface area (TPSA) is 34.0 Å². The number of hydrogen-bond acceptors (Lipinski definition) is 3. The molecule has 0 radical (unpaired) electrons. The summed E-state index contributed by atoms with van der Waals surface area (Å²) in [5, 5.41) is 0. The smallest absolute Gasteiger partial charge is 0.312 e. The van der Waals surface area contributed by atoms with Crippen LogP contribution in [-0.4, -0.2) is 25.4 Å². The van der Waals surface area contributed by atoms with Gasteiger partial charge in [-0.25, -0.2) is 4.99 Å². The zero-order valence-electron chi connectivity index (χ0n) is 12.5. The molecule has 5 heteroatoms. The summed E-state index contributed by atoms with van der Waals surface area (Å²) in [6, 6.07) is 16.6. The van der Waals surface area contributed by atoms with Gasteiger partial charge in [-0.3, -0.25) is 0 Å². The Hall–Kier alpha value is -1.72. The number of ether oxygens (including phenoxy) is 1. The molecule has 1 heterocycles. The van der Waals surface area contributed by atoms with Gasteiger partial charge in [-0.05, 0) is 41.5 Å². The minimum absolute atomic E-state index is 0.395. The first-order valence-electron chi connectivity index (χ1n) is 7.05.